The van der Waals surface area contributed by atoms with Gasteiger partial charge in [-0.1, -0.05) is 15.9 Å². The third-order valence-corrected chi connectivity index (χ3v) is 6.87. The molecule has 2 aliphatic rings. The van der Waals surface area contributed by atoms with Crippen LogP contribution in [-0.4, -0.2) is 59.9 Å². The Morgan fingerprint density at radius 2 is 1.68 bits per heavy atom. The summed E-state index contributed by atoms with van der Waals surface area (Å²) in [6.45, 7) is 4.25. The van der Waals surface area contributed by atoms with Gasteiger partial charge in [0.15, 0.2) is 0 Å². The van der Waals surface area contributed by atoms with Crippen LogP contribution < -0.4 is 10.6 Å². The second kappa shape index (κ2) is 10.8. The molecule has 4 amide bonds. The van der Waals surface area contributed by atoms with Gasteiger partial charge in [-0.05, 0) is 67.1 Å². The van der Waals surface area contributed by atoms with Crippen molar-refractivity contribution in [2.45, 2.75) is 45.1 Å². The fourth-order valence-corrected chi connectivity index (χ4v) is 5.34. The molecule has 0 aliphatic carbocycles. The number of rotatable bonds is 4. The van der Waals surface area contributed by atoms with Crippen molar-refractivity contribution >= 4 is 55.4 Å². The molecule has 0 spiro atoms. The molecule has 2 saturated heterocycles. The van der Waals surface area contributed by atoms with E-state index < -0.39 is 17.9 Å². The number of carbonyl (C=O) groups is 3. The zero-order valence-electron chi connectivity index (χ0n) is 17.4. The molecule has 31 heavy (non-hydrogen) atoms. The van der Waals surface area contributed by atoms with Gasteiger partial charge in [-0.25, -0.2) is 9.18 Å². The molecule has 0 saturated carbocycles. The minimum atomic E-state index is -0.772. The second-order valence-corrected chi connectivity index (χ2v) is 9.82. The molecule has 0 bridgehead atoms. The molecule has 1 aromatic rings. The lowest BCUT2D eigenvalue weighted by Gasteiger charge is -2.36. The van der Waals surface area contributed by atoms with E-state index in [0.717, 1.165) is 25.9 Å². The molecular formula is C21H27Br2FN4O3. The van der Waals surface area contributed by atoms with E-state index in [9.17, 15) is 18.8 Å². The average Bonchev–Trinajstić information content (AvgIpc) is 2.76. The number of piperidine rings is 2. The predicted octanol–water partition coefficient (Wildman–Crippen LogP) is 4.11. The van der Waals surface area contributed by atoms with Crippen molar-refractivity contribution in [3.63, 3.8) is 0 Å². The average molecular weight is 562 g/mol. The Morgan fingerprint density at radius 1 is 1.03 bits per heavy atom. The van der Waals surface area contributed by atoms with Crippen molar-refractivity contribution in [3.05, 3.63) is 26.9 Å². The normalized spacial score (nSPS) is 18.5. The smallest absolute Gasteiger partial charge is 0.319 e. The number of nitrogens with zero attached hydrogens (tertiary/aromatic N) is 2. The molecule has 0 unspecified atom stereocenters. The number of amides is 4. The molecular weight excluding hydrogens is 535 g/mol. The molecule has 2 aliphatic heterocycles. The Kier molecular flexibility index (Phi) is 8.32. The second-order valence-electron chi connectivity index (χ2n) is 8.05. The summed E-state index contributed by atoms with van der Waals surface area (Å²) >= 11 is 6.39. The highest BCUT2D eigenvalue weighted by Crippen LogP contribution is 2.29. The van der Waals surface area contributed by atoms with Gasteiger partial charge in [-0.3, -0.25) is 9.59 Å². The van der Waals surface area contributed by atoms with Crippen molar-refractivity contribution in [1.82, 2.24) is 15.1 Å². The van der Waals surface area contributed by atoms with Crippen LogP contribution in [0.5, 0.6) is 0 Å². The van der Waals surface area contributed by atoms with Gasteiger partial charge in [0.1, 0.15) is 11.9 Å². The minimum absolute atomic E-state index is 0.00242. The molecule has 10 heteroatoms. The van der Waals surface area contributed by atoms with Gasteiger partial charge >= 0.3 is 6.03 Å². The van der Waals surface area contributed by atoms with Crippen LogP contribution in [0.2, 0.25) is 0 Å². The first-order valence-corrected chi connectivity index (χ1v) is 12.1. The zero-order chi connectivity index (χ0) is 22.5. The van der Waals surface area contributed by atoms with Crippen molar-refractivity contribution < 1.29 is 18.8 Å². The summed E-state index contributed by atoms with van der Waals surface area (Å²) in [7, 11) is 0. The molecule has 1 aromatic carbocycles. The largest absolute Gasteiger partial charge is 0.342 e. The van der Waals surface area contributed by atoms with Gasteiger partial charge in [0.25, 0.3) is 0 Å². The number of hydrogen-bond donors (Lipinski definition) is 2. The number of halogens is 3. The summed E-state index contributed by atoms with van der Waals surface area (Å²) in [6, 6.07) is 1.41. The highest BCUT2D eigenvalue weighted by Gasteiger charge is 2.32. The summed E-state index contributed by atoms with van der Waals surface area (Å²) in [6.07, 6.45) is 4.58. The van der Waals surface area contributed by atoms with Crippen LogP contribution in [0.25, 0.3) is 0 Å². The van der Waals surface area contributed by atoms with E-state index in [1.165, 1.54) is 12.5 Å². The standard InChI is InChI=1S/C21H27Br2FN4O3/c1-13(25-21(31)26-18-16(23)11-15(22)12-17(18)24)19(29)28-9-5-14(6-10-28)20(30)27-7-3-2-4-8-27/h11-14H,2-10H2,1H3,(H2,25,26,31)/t13-/m0/s1. The van der Waals surface area contributed by atoms with Crippen molar-refractivity contribution in [1.29, 1.82) is 0 Å². The van der Waals surface area contributed by atoms with Crippen molar-refractivity contribution in [3.8, 4) is 0 Å². The van der Waals surface area contributed by atoms with Gasteiger partial charge in [-0.2, -0.15) is 0 Å². The van der Waals surface area contributed by atoms with Crippen LogP contribution in [0.3, 0.4) is 0 Å². The Bertz CT molecular complexity index is 817. The third kappa shape index (κ3) is 6.19. The summed E-state index contributed by atoms with van der Waals surface area (Å²) in [5.74, 6) is -0.643. The molecule has 0 radical (unpaired) electrons. The lowest BCUT2D eigenvalue weighted by Crippen LogP contribution is -2.51. The van der Waals surface area contributed by atoms with Crippen LogP contribution in [0.4, 0.5) is 14.9 Å². The van der Waals surface area contributed by atoms with Crippen LogP contribution in [-0.2, 0) is 9.59 Å². The number of likely N-dealkylation sites (tertiary alicyclic amines) is 2. The fourth-order valence-electron chi connectivity index (χ4n) is 4.06. The molecule has 2 N–H and O–H groups in total. The summed E-state index contributed by atoms with van der Waals surface area (Å²) in [5.41, 5.74) is -0.00242. The van der Waals surface area contributed by atoms with Gasteiger partial charge < -0.3 is 20.4 Å². The first-order valence-electron chi connectivity index (χ1n) is 10.6. The van der Waals surface area contributed by atoms with Crippen LogP contribution in [0, 0.1) is 11.7 Å². The van der Waals surface area contributed by atoms with E-state index >= 15 is 0 Å². The molecule has 7 nitrogen and oxygen atoms in total. The highest BCUT2D eigenvalue weighted by molar-refractivity contribution is 9.11. The number of nitrogens with one attached hydrogen (secondary N) is 2. The highest BCUT2D eigenvalue weighted by atomic mass is 79.9. The van der Waals surface area contributed by atoms with Gasteiger partial charge in [0.2, 0.25) is 11.8 Å². The summed E-state index contributed by atoms with van der Waals surface area (Å²) in [5, 5.41) is 5.00. The van der Waals surface area contributed by atoms with E-state index in [0.29, 0.717) is 34.9 Å². The van der Waals surface area contributed by atoms with Crippen LogP contribution >= 0.6 is 31.9 Å². The van der Waals surface area contributed by atoms with Gasteiger partial charge in [0, 0.05) is 41.0 Å². The minimum Gasteiger partial charge on any atom is -0.342 e. The fraction of sp³-hybridized carbons (Fsp3) is 0.571. The van der Waals surface area contributed by atoms with E-state index in [2.05, 4.69) is 42.5 Å². The zero-order valence-corrected chi connectivity index (χ0v) is 20.6. The van der Waals surface area contributed by atoms with E-state index in [-0.39, 0.29) is 23.4 Å². The Morgan fingerprint density at radius 3 is 2.29 bits per heavy atom. The SMILES string of the molecule is C[C@H](NC(=O)Nc1c(F)cc(Br)cc1Br)C(=O)N1CCC(C(=O)N2CCCCC2)CC1. The molecule has 1 atom stereocenters. The molecule has 2 fully saturated rings. The first-order chi connectivity index (χ1) is 14.8. The van der Waals surface area contributed by atoms with Crippen molar-refractivity contribution in [2.75, 3.05) is 31.5 Å². The summed E-state index contributed by atoms with van der Waals surface area (Å²) in [4.78, 5) is 41.3. The third-order valence-electron chi connectivity index (χ3n) is 5.79. The maximum Gasteiger partial charge on any atom is 0.319 e. The monoisotopic (exact) mass is 560 g/mol. The molecule has 2 heterocycles. The van der Waals surface area contributed by atoms with Crippen LogP contribution in [0.15, 0.2) is 21.1 Å². The molecule has 0 aromatic heterocycles. The number of carbonyl (C=O) groups excluding carboxylic acids is 3. The van der Waals surface area contributed by atoms with E-state index in [1.54, 1.807) is 17.9 Å². The van der Waals surface area contributed by atoms with Crippen molar-refractivity contribution in [2.24, 2.45) is 5.92 Å². The number of anilines is 1. The quantitative estimate of drug-likeness (QED) is 0.580. The lowest BCUT2D eigenvalue weighted by atomic mass is 9.94. The number of hydrogen-bond acceptors (Lipinski definition) is 3. The molecule has 3 rings (SSSR count). The predicted molar refractivity (Wildman–Crippen MR) is 123 cm³/mol. The lowest BCUT2D eigenvalue weighted by molar-refractivity contribution is -0.141. The van der Waals surface area contributed by atoms with Gasteiger partial charge in [-0.15, -0.1) is 0 Å². The Hall–Kier alpha value is -1.68. The van der Waals surface area contributed by atoms with E-state index in [1.807, 2.05) is 4.90 Å². The Balaban J connectivity index is 1.48. The van der Waals surface area contributed by atoms with E-state index in [4.69, 9.17) is 0 Å². The Labute approximate surface area is 198 Å². The maximum absolute atomic E-state index is 14.1. The molecule has 170 valence electrons. The first kappa shape index (κ1) is 24.0. The summed E-state index contributed by atoms with van der Waals surface area (Å²) < 4.78 is 15.0. The van der Waals surface area contributed by atoms with Crippen LogP contribution in [0.1, 0.15) is 39.0 Å². The van der Waals surface area contributed by atoms with Gasteiger partial charge in [0.05, 0.1) is 5.69 Å². The number of benzene rings is 1. The maximum atomic E-state index is 14.1. The number of urea groups is 1. The topological polar surface area (TPSA) is 81.8 Å².